The Labute approximate surface area is 315 Å². The molecule has 0 spiro atoms. The maximum absolute atomic E-state index is 13.6. The van der Waals surface area contributed by atoms with E-state index in [-0.39, 0.29) is 24.3 Å². The minimum Gasteiger partial charge on any atom is -0.458 e. The van der Waals surface area contributed by atoms with Crippen LogP contribution in [-0.4, -0.2) is 92.3 Å². The predicted octanol–water partition coefficient (Wildman–Crippen LogP) is 3.95. The Kier molecular flexibility index (Phi) is 10.2. The van der Waals surface area contributed by atoms with Gasteiger partial charge in [-0.15, -0.1) is 10.2 Å². The van der Waals surface area contributed by atoms with Crippen LogP contribution in [-0.2, 0) is 34.8 Å². The molecular weight excluding hydrogens is 685 g/mol. The Balaban J connectivity index is 0.789. The lowest BCUT2D eigenvalue weighted by Gasteiger charge is -2.35. The minimum absolute atomic E-state index is 0.122. The summed E-state index contributed by atoms with van der Waals surface area (Å²) < 4.78 is 6.92. The largest absolute Gasteiger partial charge is 0.458 e. The number of unbranched alkanes of at least 4 members (excludes halogenated alkanes) is 3. The number of aromatic nitrogens is 4. The number of fused-ring (bicyclic) bond motifs is 5. The number of carbonyl (C=O) groups is 2. The molecule has 3 N–H and O–H groups in total. The monoisotopic (exact) mass is 734 g/mol. The van der Waals surface area contributed by atoms with Crippen molar-refractivity contribution in [2.24, 2.45) is 11.7 Å². The Morgan fingerprint density at radius 3 is 2.48 bits per heavy atom. The van der Waals surface area contributed by atoms with Gasteiger partial charge in [0.25, 0.3) is 11.5 Å². The Morgan fingerprint density at radius 1 is 0.963 bits per heavy atom. The first-order valence-electron chi connectivity index (χ1n) is 19.6. The number of pyridine rings is 2. The van der Waals surface area contributed by atoms with Crippen molar-refractivity contribution in [2.45, 2.75) is 83.6 Å². The van der Waals surface area contributed by atoms with E-state index in [9.17, 15) is 19.5 Å². The highest BCUT2D eigenvalue weighted by Crippen LogP contribution is 2.39. The number of aliphatic hydroxyl groups is 1. The van der Waals surface area contributed by atoms with Gasteiger partial charge < -0.3 is 29.9 Å². The quantitative estimate of drug-likeness (QED) is 0.141. The van der Waals surface area contributed by atoms with Crippen LogP contribution in [0.3, 0.4) is 0 Å². The van der Waals surface area contributed by atoms with Crippen LogP contribution in [0, 0.1) is 5.92 Å². The number of hydrogen-bond donors (Lipinski definition) is 2. The first-order valence-corrected chi connectivity index (χ1v) is 19.6. The van der Waals surface area contributed by atoms with Crippen molar-refractivity contribution in [3.05, 3.63) is 80.8 Å². The number of carbonyl (C=O) groups excluding carboxylic acids is 2. The molecule has 0 aliphatic carbocycles. The number of piperazine rings is 1. The van der Waals surface area contributed by atoms with Gasteiger partial charge in [-0.25, -0.2) is 9.78 Å². The summed E-state index contributed by atoms with van der Waals surface area (Å²) in [6, 6.07) is 13.7. The third-order valence-corrected chi connectivity index (χ3v) is 12.2. The number of benzene rings is 1. The van der Waals surface area contributed by atoms with Crippen LogP contribution in [0.5, 0.6) is 0 Å². The molecule has 8 rings (SSSR count). The zero-order valence-corrected chi connectivity index (χ0v) is 31.1. The fourth-order valence-electron chi connectivity index (χ4n) is 8.81. The second-order valence-corrected chi connectivity index (χ2v) is 15.5. The summed E-state index contributed by atoms with van der Waals surface area (Å²) in [7, 11) is 0. The first-order chi connectivity index (χ1) is 26.2. The van der Waals surface area contributed by atoms with E-state index in [4.69, 9.17) is 15.5 Å². The van der Waals surface area contributed by atoms with E-state index in [1.54, 1.807) is 23.6 Å². The van der Waals surface area contributed by atoms with Crippen LogP contribution in [0.25, 0.3) is 22.3 Å². The number of nitrogens with zero attached hydrogens (tertiary/aromatic N) is 7. The van der Waals surface area contributed by atoms with E-state index in [1.165, 1.54) is 50.5 Å². The van der Waals surface area contributed by atoms with Crippen molar-refractivity contribution < 1.29 is 19.4 Å². The molecule has 0 bridgehead atoms. The lowest BCUT2D eigenvalue weighted by molar-refractivity contribution is -0.172. The third-order valence-electron chi connectivity index (χ3n) is 12.2. The molecule has 0 unspecified atom stereocenters. The lowest BCUT2D eigenvalue weighted by Crippen LogP contribution is -2.46. The standard InChI is InChI=1S/C41H50N8O5/c1-2-41(53)32-23-35-37-29(25-49(35)39(51)31(32)26-54-40(41)52)22-30-28(9-7-10-33(30)43-37)24-47-20-18-46(19-21-47)15-6-4-3-5-8-27-13-16-48(17-14-27)36-12-11-34(38(42)50)44-45-36/h7,9-12,22-23,27,53H,2-6,8,13-21,24-26H2,1H3,(H2,42,50)/t41-/m0/s1. The summed E-state index contributed by atoms with van der Waals surface area (Å²) in [5, 5.41) is 20.4. The molecule has 2 fully saturated rings. The highest BCUT2D eigenvalue weighted by Gasteiger charge is 2.45. The molecule has 1 atom stereocenters. The second-order valence-electron chi connectivity index (χ2n) is 15.5. The molecule has 4 aromatic rings. The van der Waals surface area contributed by atoms with Gasteiger partial charge in [-0.3, -0.25) is 14.5 Å². The van der Waals surface area contributed by atoms with Gasteiger partial charge in [0.2, 0.25) is 0 Å². The molecule has 13 nitrogen and oxygen atoms in total. The summed E-state index contributed by atoms with van der Waals surface area (Å²) in [6.07, 6.45) is 8.85. The SMILES string of the molecule is CC[C@@]1(O)C(=O)OCc2c1cc1n(c2=O)Cc2cc3c(CN4CCN(CCCCCCC5CCN(c6ccc(C(N)=O)nn6)CC5)CC4)cccc3nc2-1. The molecule has 3 aromatic heterocycles. The number of esters is 1. The van der Waals surface area contributed by atoms with Crippen LogP contribution < -0.4 is 16.2 Å². The average Bonchev–Trinajstić information content (AvgIpc) is 3.56. The van der Waals surface area contributed by atoms with Crippen LogP contribution in [0.1, 0.15) is 91.0 Å². The number of nitrogens with two attached hydrogens (primary N) is 1. The number of hydrogen-bond acceptors (Lipinski definition) is 11. The third kappa shape index (κ3) is 7.00. The van der Waals surface area contributed by atoms with Crippen molar-refractivity contribution in [3.63, 3.8) is 0 Å². The number of rotatable bonds is 12. The van der Waals surface area contributed by atoms with E-state index in [0.717, 1.165) is 86.3 Å². The number of primary amides is 1. The topological polar surface area (TPSA) is 160 Å². The molecule has 4 aliphatic rings. The fraction of sp³-hybridized carbons (Fsp3) is 0.512. The number of piperidine rings is 1. The molecule has 54 heavy (non-hydrogen) atoms. The number of ether oxygens (including phenoxy) is 1. The van der Waals surface area contributed by atoms with Crippen molar-refractivity contribution in [2.75, 3.05) is 50.7 Å². The first kappa shape index (κ1) is 36.3. The summed E-state index contributed by atoms with van der Waals surface area (Å²) in [6.45, 7) is 10.2. The van der Waals surface area contributed by atoms with Gasteiger partial charge >= 0.3 is 5.97 Å². The van der Waals surface area contributed by atoms with Gasteiger partial charge in [0.15, 0.2) is 17.1 Å². The molecular formula is C41H50N8O5. The Morgan fingerprint density at radius 2 is 1.74 bits per heavy atom. The molecule has 1 aromatic carbocycles. The molecule has 0 radical (unpaired) electrons. The molecule has 13 heteroatoms. The zero-order chi connectivity index (χ0) is 37.4. The molecule has 2 saturated heterocycles. The highest BCUT2D eigenvalue weighted by atomic mass is 16.6. The second kappa shape index (κ2) is 15.2. The smallest absolute Gasteiger partial charge is 0.343 e. The maximum Gasteiger partial charge on any atom is 0.343 e. The van der Waals surface area contributed by atoms with Gasteiger partial charge in [-0.05, 0) is 74.0 Å². The Bertz CT molecular complexity index is 2100. The van der Waals surface area contributed by atoms with E-state index in [2.05, 4.69) is 43.1 Å². The lowest BCUT2D eigenvalue weighted by atomic mass is 9.86. The number of amides is 1. The van der Waals surface area contributed by atoms with Crippen molar-refractivity contribution in [3.8, 4) is 11.4 Å². The number of anilines is 1. The zero-order valence-electron chi connectivity index (χ0n) is 31.1. The van der Waals surface area contributed by atoms with E-state index in [1.807, 2.05) is 12.1 Å². The predicted molar refractivity (Wildman–Crippen MR) is 205 cm³/mol. The summed E-state index contributed by atoms with van der Waals surface area (Å²) in [5.74, 6) is 0.331. The van der Waals surface area contributed by atoms with E-state index >= 15 is 0 Å². The molecule has 7 heterocycles. The van der Waals surface area contributed by atoms with Crippen LogP contribution in [0.15, 0.2) is 47.3 Å². The average molecular weight is 735 g/mol. The van der Waals surface area contributed by atoms with E-state index in [0.29, 0.717) is 23.4 Å². The van der Waals surface area contributed by atoms with Gasteiger partial charge in [-0.2, -0.15) is 0 Å². The molecule has 0 saturated carbocycles. The van der Waals surface area contributed by atoms with Crippen LogP contribution in [0.2, 0.25) is 0 Å². The molecule has 4 aliphatic heterocycles. The van der Waals surface area contributed by atoms with Crippen LogP contribution >= 0.6 is 0 Å². The molecule has 284 valence electrons. The van der Waals surface area contributed by atoms with Crippen molar-refractivity contribution in [1.29, 1.82) is 0 Å². The maximum atomic E-state index is 13.6. The summed E-state index contributed by atoms with van der Waals surface area (Å²) in [5.41, 5.74) is 8.55. The Hall–Kier alpha value is -4.72. The minimum atomic E-state index is -1.83. The van der Waals surface area contributed by atoms with Gasteiger partial charge in [-0.1, -0.05) is 44.7 Å². The van der Waals surface area contributed by atoms with E-state index < -0.39 is 17.5 Å². The summed E-state index contributed by atoms with van der Waals surface area (Å²) >= 11 is 0. The molecule has 1 amide bonds. The summed E-state index contributed by atoms with van der Waals surface area (Å²) in [4.78, 5) is 49.8. The normalized spacial score (nSPS) is 20.5. The fourth-order valence-corrected chi connectivity index (χ4v) is 8.81. The highest BCUT2D eigenvalue weighted by molar-refractivity contribution is 5.90. The number of cyclic esters (lactones) is 1. The van der Waals surface area contributed by atoms with Gasteiger partial charge in [0.05, 0.1) is 29.0 Å². The van der Waals surface area contributed by atoms with Crippen LogP contribution in [0.4, 0.5) is 5.82 Å². The van der Waals surface area contributed by atoms with Gasteiger partial charge in [0, 0.05) is 62.3 Å². The van der Waals surface area contributed by atoms with Gasteiger partial charge in [0.1, 0.15) is 6.61 Å². The van der Waals surface area contributed by atoms with Crippen molar-refractivity contribution in [1.82, 2.24) is 29.5 Å². The van der Waals surface area contributed by atoms with Crippen molar-refractivity contribution >= 4 is 28.6 Å².